The zero-order chi connectivity index (χ0) is 19.4. The van der Waals surface area contributed by atoms with Crippen molar-refractivity contribution in [3.05, 3.63) is 71.4 Å². The van der Waals surface area contributed by atoms with Gasteiger partial charge in [-0.25, -0.2) is 4.98 Å². The number of nitrogens with one attached hydrogen (secondary N) is 2. The van der Waals surface area contributed by atoms with Gasteiger partial charge >= 0.3 is 6.18 Å². The van der Waals surface area contributed by atoms with Crippen molar-refractivity contribution in [3.63, 3.8) is 0 Å². The molecule has 0 aliphatic carbocycles. The molecule has 5 nitrogen and oxygen atoms in total. The molecule has 0 spiro atoms. The summed E-state index contributed by atoms with van der Waals surface area (Å²) in [4.78, 5) is 8.35. The fraction of sp³-hybridized carbons (Fsp3) is 0.105. The number of aryl methyl sites for hydroxylation is 1. The lowest BCUT2D eigenvalue weighted by atomic mass is 10.1. The first-order valence-corrected chi connectivity index (χ1v) is 7.92. The summed E-state index contributed by atoms with van der Waals surface area (Å²) in [7, 11) is 0. The van der Waals surface area contributed by atoms with Crippen LogP contribution >= 0.6 is 0 Å². The van der Waals surface area contributed by atoms with Gasteiger partial charge in [-0.1, -0.05) is 24.3 Å². The van der Waals surface area contributed by atoms with Crippen molar-refractivity contribution in [1.82, 2.24) is 9.97 Å². The molecule has 0 aliphatic heterocycles. The molecule has 3 aromatic rings. The number of rotatable bonds is 4. The molecule has 0 saturated heterocycles. The van der Waals surface area contributed by atoms with Crippen LogP contribution in [0.15, 0.2) is 54.6 Å². The van der Waals surface area contributed by atoms with Crippen molar-refractivity contribution in [2.45, 2.75) is 13.1 Å². The van der Waals surface area contributed by atoms with Crippen LogP contribution in [0.5, 0.6) is 0 Å². The second-order valence-electron chi connectivity index (χ2n) is 5.67. The highest BCUT2D eigenvalue weighted by Crippen LogP contribution is 2.35. The maximum atomic E-state index is 13.2. The third-order valence-electron chi connectivity index (χ3n) is 3.64. The summed E-state index contributed by atoms with van der Waals surface area (Å²) in [6.07, 6.45) is -4.50. The van der Waals surface area contributed by atoms with Gasteiger partial charge in [-0.05, 0) is 31.2 Å². The summed E-state index contributed by atoms with van der Waals surface area (Å²) in [5.41, 5.74) is 0.567. The summed E-state index contributed by atoms with van der Waals surface area (Å²) < 4.78 is 39.5. The first-order valence-electron chi connectivity index (χ1n) is 7.92. The van der Waals surface area contributed by atoms with Crippen LogP contribution in [-0.4, -0.2) is 9.97 Å². The summed E-state index contributed by atoms with van der Waals surface area (Å²) >= 11 is 0. The van der Waals surface area contributed by atoms with Gasteiger partial charge in [0.25, 0.3) is 0 Å². The second kappa shape index (κ2) is 7.33. The van der Waals surface area contributed by atoms with Gasteiger partial charge in [0.05, 0.1) is 22.5 Å². The van der Waals surface area contributed by atoms with Gasteiger partial charge in [0.15, 0.2) is 0 Å². The molecule has 2 N–H and O–H groups in total. The Labute approximate surface area is 153 Å². The molecule has 0 radical (unpaired) electrons. The Hall–Kier alpha value is -3.60. The fourth-order valence-corrected chi connectivity index (χ4v) is 2.48. The van der Waals surface area contributed by atoms with Crippen LogP contribution in [0.25, 0.3) is 0 Å². The van der Waals surface area contributed by atoms with Crippen molar-refractivity contribution in [2.24, 2.45) is 0 Å². The lowest BCUT2D eigenvalue weighted by molar-refractivity contribution is -0.136. The molecule has 1 heterocycles. The van der Waals surface area contributed by atoms with Gasteiger partial charge < -0.3 is 10.6 Å². The minimum absolute atomic E-state index is 0.0173. The predicted octanol–water partition coefficient (Wildman–Crippen LogP) is 5.16. The third-order valence-corrected chi connectivity index (χ3v) is 3.64. The van der Waals surface area contributed by atoms with E-state index in [1.165, 1.54) is 18.2 Å². The number of nitrogens with zero attached hydrogens (tertiary/aromatic N) is 3. The highest BCUT2D eigenvalue weighted by atomic mass is 19.4. The molecule has 0 aliphatic rings. The van der Waals surface area contributed by atoms with E-state index in [0.29, 0.717) is 22.8 Å². The van der Waals surface area contributed by atoms with Gasteiger partial charge in [0.1, 0.15) is 11.9 Å². The Bertz CT molecular complexity index is 1010. The van der Waals surface area contributed by atoms with Gasteiger partial charge in [-0.2, -0.15) is 23.4 Å². The quantitative estimate of drug-likeness (QED) is 0.664. The lowest BCUT2D eigenvalue weighted by Crippen LogP contribution is -2.10. The number of alkyl halides is 3. The van der Waals surface area contributed by atoms with Gasteiger partial charge in [0, 0.05) is 11.8 Å². The van der Waals surface area contributed by atoms with Crippen molar-refractivity contribution in [2.75, 3.05) is 10.6 Å². The SMILES string of the molecule is Cc1cc(Nc2ccccc2C#N)nc(Nc2ccccc2C(F)(F)F)n1. The molecule has 2 aromatic carbocycles. The van der Waals surface area contributed by atoms with Gasteiger partial charge in [0.2, 0.25) is 5.95 Å². The highest BCUT2D eigenvalue weighted by Gasteiger charge is 2.33. The smallest absolute Gasteiger partial charge is 0.339 e. The summed E-state index contributed by atoms with van der Waals surface area (Å²) in [6.45, 7) is 1.70. The van der Waals surface area contributed by atoms with Crippen LogP contribution in [-0.2, 0) is 6.18 Å². The standard InChI is InChI=1S/C19H14F3N5/c1-12-10-17(25-15-8-4-2-6-13(15)11-23)27-18(24-12)26-16-9-5-3-7-14(16)19(20,21)22/h2-10H,1H3,(H2,24,25,26,27). The number of anilines is 4. The topological polar surface area (TPSA) is 73.6 Å². The minimum Gasteiger partial charge on any atom is -0.339 e. The van der Waals surface area contributed by atoms with Crippen molar-refractivity contribution in [1.29, 1.82) is 5.26 Å². The van der Waals surface area contributed by atoms with Crippen LogP contribution < -0.4 is 10.6 Å². The van der Waals surface area contributed by atoms with E-state index in [-0.39, 0.29) is 11.6 Å². The Morgan fingerprint density at radius 3 is 2.30 bits per heavy atom. The maximum absolute atomic E-state index is 13.2. The van der Waals surface area contributed by atoms with E-state index in [1.54, 1.807) is 37.3 Å². The first kappa shape index (κ1) is 18.2. The number of hydrogen-bond acceptors (Lipinski definition) is 5. The molecule has 27 heavy (non-hydrogen) atoms. The highest BCUT2D eigenvalue weighted by molar-refractivity contribution is 5.66. The van der Waals surface area contributed by atoms with E-state index >= 15 is 0 Å². The molecular formula is C19H14F3N5. The monoisotopic (exact) mass is 369 g/mol. The molecule has 8 heteroatoms. The van der Waals surface area contributed by atoms with Crippen LogP contribution in [0.3, 0.4) is 0 Å². The normalized spacial score (nSPS) is 10.9. The number of benzene rings is 2. The van der Waals surface area contributed by atoms with E-state index in [9.17, 15) is 13.2 Å². The molecule has 0 fully saturated rings. The Morgan fingerprint density at radius 1 is 0.926 bits per heavy atom. The molecule has 1 aromatic heterocycles. The Kier molecular flexibility index (Phi) is 4.94. The Morgan fingerprint density at radius 2 is 1.59 bits per heavy atom. The molecule has 0 atom stereocenters. The number of aromatic nitrogens is 2. The molecule has 0 amide bonds. The Balaban J connectivity index is 1.92. The minimum atomic E-state index is -4.50. The fourth-order valence-electron chi connectivity index (χ4n) is 2.48. The van der Waals surface area contributed by atoms with E-state index < -0.39 is 11.7 Å². The molecule has 0 unspecified atom stereocenters. The predicted molar refractivity (Wildman–Crippen MR) is 95.9 cm³/mol. The van der Waals surface area contributed by atoms with E-state index in [4.69, 9.17) is 5.26 Å². The average Bonchev–Trinajstić information content (AvgIpc) is 2.61. The van der Waals surface area contributed by atoms with Crippen molar-refractivity contribution >= 4 is 23.1 Å². The largest absolute Gasteiger partial charge is 0.418 e. The first-order chi connectivity index (χ1) is 12.9. The molecule has 136 valence electrons. The molecule has 0 bridgehead atoms. The number of halogens is 3. The summed E-state index contributed by atoms with van der Waals surface area (Å²) in [6, 6.07) is 15.7. The second-order valence-corrected chi connectivity index (χ2v) is 5.67. The summed E-state index contributed by atoms with van der Waals surface area (Å²) in [5.74, 6) is 0.376. The maximum Gasteiger partial charge on any atom is 0.418 e. The van der Waals surface area contributed by atoms with E-state index in [2.05, 4.69) is 26.7 Å². The lowest BCUT2D eigenvalue weighted by Gasteiger charge is -2.14. The van der Waals surface area contributed by atoms with Crippen LogP contribution in [0.1, 0.15) is 16.8 Å². The van der Waals surface area contributed by atoms with E-state index in [0.717, 1.165) is 6.07 Å². The van der Waals surface area contributed by atoms with Crippen molar-refractivity contribution < 1.29 is 13.2 Å². The van der Waals surface area contributed by atoms with E-state index in [1.807, 2.05) is 0 Å². The zero-order valence-corrected chi connectivity index (χ0v) is 14.2. The zero-order valence-electron chi connectivity index (χ0n) is 14.2. The van der Waals surface area contributed by atoms with Crippen LogP contribution in [0.2, 0.25) is 0 Å². The summed E-state index contributed by atoms with van der Waals surface area (Å²) in [5, 5.41) is 14.8. The third kappa shape index (κ3) is 4.33. The van der Waals surface area contributed by atoms with Crippen LogP contribution in [0.4, 0.5) is 36.3 Å². The van der Waals surface area contributed by atoms with Gasteiger partial charge in [-0.15, -0.1) is 0 Å². The molecule has 0 saturated carbocycles. The van der Waals surface area contributed by atoms with Gasteiger partial charge in [-0.3, -0.25) is 0 Å². The number of hydrogen-bond donors (Lipinski definition) is 2. The van der Waals surface area contributed by atoms with Crippen molar-refractivity contribution in [3.8, 4) is 6.07 Å². The number of nitriles is 1. The van der Waals surface area contributed by atoms with Crippen LogP contribution in [0, 0.1) is 18.3 Å². The molecule has 3 rings (SSSR count). The number of para-hydroxylation sites is 2. The average molecular weight is 369 g/mol. The molecular weight excluding hydrogens is 355 g/mol.